The largest absolute Gasteiger partial charge is 0.353 e. The molecule has 0 radical (unpaired) electrons. The van der Waals surface area contributed by atoms with Gasteiger partial charge in [0.05, 0.1) is 0 Å². The summed E-state index contributed by atoms with van der Waals surface area (Å²) in [5.74, 6) is -0.0958. The molecule has 0 bridgehead atoms. The monoisotopic (exact) mass is 192 g/mol. The molecule has 0 unspecified atom stereocenters. The lowest BCUT2D eigenvalue weighted by atomic mass is 10.4. The van der Waals surface area contributed by atoms with E-state index >= 15 is 0 Å². The second-order valence-electron chi connectivity index (χ2n) is 2.20. The third kappa shape index (κ3) is 9.46. The minimum Gasteiger partial charge on any atom is -0.353 e. The topological polar surface area (TPSA) is 41.1 Å². The summed E-state index contributed by atoms with van der Waals surface area (Å²) in [5, 5.41) is 5.86. The van der Waals surface area contributed by atoms with Crippen molar-refractivity contribution < 1.29 is 4.79 Å². The maximum Gasteiger partial charge on any atom is 0.243 e. The fourth-order valence-corrected chi connectivity index (χ4v) is 0.674. The van der Waals surface area contributed by atoms with E-state index in [4.69, 9.17) is 0 Å². The van der Waals surface area contributed by atoms with E-state index in [1.807, 2.05) is 0 Å². The number of rotatable bonds is 6. The first-order valence-corrected chi connectivity index (χ1v) is 3.92. The summed E-state index contributed by atoms with van der Waals surface area (Å²) in [6.45, 7) is 8.06. The van der Waals surface area contributed by atoms with E-state index < -0.39 is 0 Å². The van der Waals surface area contributed by atoms with Crippen molar-refractivity contribution in [1.29, 1.82) is 0 Å². The van der Waals surface area contributed by atoms with Crippen LogP contribution in [-0.4, -0.2) is 25.5 Å². The molecule has 0 rings (SSSR count). The second-order valence-corrected chi connectivity index (χ2v) is 2.20. The van der Waals surface area contributed by atoms with E-state index in [-0.39, 0.29) is 18.3 Å². The highest BCUT2D eigenvalue weighted by Gasteiger charge is 1.90. The van der Waals surface area contributed by atoms with Crippen molar-refractivity contribution in [2.45, 2.75) is 13.3 Å². The van der Waals surface area contributed by atoms with E-state index in [0.29, 0.717) is 0 Å². The molecule has 0 aromatic heterocycles. The fraction of sp³-hybridized carbons (Fsp3) is 0.625. The first-order chi connectivity index (χ1) is 5.31. The molecular weight excluding hydrogens is 176 g/mol. The summed E-state index contributed by atoms with van der Waals surface area (Å²) < 4.78 is 0. The molecule has 0 saturated carbocycles. The van der Waals surface area contributed by atoms with Gasteiger partial charge >= 0.3 is 0 Å². The van der Waals surface area contributed by atoms with Gasteiger partial charge in [0.25, 0.3) is 0 Å². The van der Waals surface area contributed by atoms with Crippen LogP contribution in [0.2, 0.25) is 0 Å². The highest BCUT2D eigenvalue weighted by atomic mass is 35.5. The van der Waals surface area contributed by atoms with Crippen LogP contribution in [0.15, 0.2) is 12.7 Å². The number of carbonyl (C=O) groups is 1. The van der Waals surface area contributed by atoms with Crippen LogP contribution in [0.4, 0.5) is 0 Å². The van der Waals surface area contributed by atoms with Crippen molar-refractivity contribution in [2.24, 2.45) is 0 Å². The molecule has 0 fully saturated rings. The molecule has 1 amide bonds. The predicted octanol–water partition coefficient (Wildman–Crippen LogP) is 0.710. The Balaban J connectivity index is 0. The van der Waals surface area contributed by atoms with Crippen LogP contribution in [0.25, 0.3) is 0 Å². The Kier molecular flexibility index (Phi) is 12.2. The molecule has 3 nitrogen and oxygen atoms in total. The standard InChI is InChI=1S/C8H16N2O.ClH/c1-3-8(11)10-7-5-6-9-4-2;/h3,9H,1,4-7H2,2H3,(H,10,11);1H. The van der Waals surface area contributed by atoms with Gasteiger partial charge in [-0.1, -0.05) is 13.5 Å². The molecule has 4 heteroatoms. The highest BCUT2D eigenvalue weighted by molar-refractivity contribution is 5.86. The summed E-state index contributed by atoms with van der Waals surface area (Å²) in [4.78, 5) is 10.6. The number of amides is 1. The lowest BCUT2D eigenvalue weighted by Crippen LogP contribution is -2.25. The average molecular weight is 193 g/mol. The number of carbonyl (C=O) groups excluding carboxylic acids is 1. The minimum absolute atomic E-state index is 0. The zero-order valence-electron chi connectivity index (χ0n) is 7.43. The Morgan fingerprint density at radius 2 is 2.17 bits per heavy atom. The Morgan fingerprint density at radius 1 is 1.50 bits per heavy atom. The van der Waals surface area contributed by atoms with Crippen LogP contribution in [0.1, 0.15) is 13.3 Å². The molecular formula is C8H17ClN2O. The van der Waals surface area contributed by atoms with Gasteiger partial charge < -0.3 is 10.6 Å². The van der Waals surface area contributed by atoms with Gasteiger partial charge in [-0.15, -0.1) is 12.4 Å². The van der Waals surface area contributed by atoms with Crippen LogP contribution < -0.4 is 10.6 Å². The van der Waals surface area contributed by atoms with Gasteiger partial charge in [0.1, 0.15) is 0 Å². The maximum atomic E-state index is 10.6. The van der Waals surface area contributed by atoms with Gasteiger partial charge in [0, 0.05) is 6.54 Å². The summed E-state index contributed by atoms with van der Waals surface area (Å²) in [6.07, 6.45) is 2.25. The average Bonchev–Trinajstić information content (AvgIpc) is 2.04. The summed E-state index contributed by atoms with van der Waals surface area (Å²) >= 11 is 0. The third-order valence-corrected chi connectivity index (χ3v) is 1.26. The Hall–Kier alpha value is -0.540. The molecule has 0 aliphatic rings. The van der Waals surface area contributed by atoms with Crippen LogP contribution >= 0.6 is 12.4 Å². The lowest BCUT2D eigenvalue weighted by molar-refractivity contribution is -0.116. The zero-order valence-corrected chi connectivity index (χ0v) is 8.25. The predicted molar refractivity (Wildman–Crippen MR) is 53.6 cm³/mol. The van der Waals surface area contributed by atoms with Gasteiger partial charge in [-0.25, -0.2) is 0 Å². The van der Waals surface area contributed by atoms with Crippen molar-refractivity contribution in [3.8, 4) is 0 Å². The quantitative estimate of drug-likeness (QED) is 0.481. The van der Waals surface area contributed by atoms with Gasteiger partial charge in [-0.2, -0.15) is 0 Å². The maximum absolute atomic E-state index is 10.6. The van der Waals surface area contributed by atoms with Gasteiger partial charge in [0.2, 0.25) is 5.91 Å². The number of nitrogens with one attached hydrogen (secondary N) is 2. The minimum atomic E-state index is -0.0958. The summed E-state index contributed by atoms with van der Waals surface area (Å²) in [7, 11) is 0. The molecule has 2 N–H and O–H groups in total. The Bertz CT molecular complexity index is 128. The van der Waals surface area contributed by atoms with Crippen molar-refractivity contribution in [1.82, 2.24) is 10.6 Å². The third-order valence-electron chi connectivity index (χ3n) is 1.26. The van der Waals surface area contributed by atoms with Crippen molar-refractivity contribution >= 4 is 18.3 Å². The second kappa shape index (κ2) is 10.5. The van der Waals surface area contributed by atoms with Crippen LogP contribution in [0.3, 0.4) is 0 Å². The lowest BCUT2D eigenvalue weighted by Gasteiger charge is -2.01. The first kappa shape index (κ1) is 14.0. The Morgan fingerprint density at radius 3 is 2.67 bits per heavy atom. The molecule has 0 heterocycles. The van der Waals surface area contributed by atoms with Crippen LogP contribution in [0.5, 0.6) is 0 Å². The molecule has 0 aromatic rings. The smallest absolute Gasteiger partial charge is 0.243 e. The van der Waals surface area contributed by atoms with Crippen LogP contribution in [-0.2, 0) is 4.79 Å². The number of halogens is 1. The van der Waals surface area contributed by atoms with Crippen molar-refractivity contribution in [3.63, 3.8) is 0 Å². The van der Waals surface area contributed by atoms with E-state index in [2.05, 4.69) is 24.1 Å². The zero-order chi connectivity index (χ0) is 8.53. The molecule has 0 aliphatic heterocycles. The van der Waals surface area contributed by atoms with E-state index in [1.54, 1.807) is 0 Å². The molecule has 0 aromatic carbocycles. The summed E-state index contributed by atoms with van der Waals surface area (Å²) in [5.41, 5.74) is 0. The van der Waals surface area contributed by atoms with Gasteiger partial charge in [0.15, 0.2) is 0 Å². The normalized spacial score (nSPS) is 8.42. The van der Waals surface area contributed by atoms with E-state index in [1.165, 1.54) is 6.08 Å². The van der Waals surface area contributed by atoms with Gasteiger partial charge in [-0.3, -0.25) is 4.79 Å². The molecule has 0 spiro atoms. The number of hydrogen-bond acceptors (Lipinski definition) is 2. The summed E-state index contributed by atoms with van der Waals surface area (Å²) in [6, 6.07) is 0. The number of hydrogen-bond donors (Lipinski definition) is 2. The molecule has 0 atom stereocenters. The fourth-order valence-electron chi connectivity index (χ4n) is 0.674. The van der Waals surface area contributed by atoms with Crippen molar-refractivity contribution in [3.05, 3.63) is 12.7 Å². The molecule has 0 saturated heterocycles. The molecule has 72 valence electrons. The molecule has 12 heavy (non-hydrogen) atoms. The first-order valence-electron chi connectivity index (χ1n) is 3.92. The highest BCUT2D eigenvalue weighted by Crippen LogP contribution is 1.73. The van der Waals surface area contributed by atoms with Gasteiger partial charge in [-0.05, 0) is 25.6 Å². The Labute approximate surface area is 80.0 Å². The molecule has 0 aliphatic carbocycles. The van der Waals surface area contributed by atoms with Crippen molar-refractivity contribution in [2.75, 3.05) is 19.6 Å². The SMILES string of the molecule is C=CC(=O)NCCCNCC.Cl. The van der Waals surface area contributed by atoms with E-state index in [0.717, 1.165) is 26.1 Å². The van der Waals surface area contributed by atoms with E-state index in [9.17, 15) is 4.79 Å². The van der Waals surface area contributed by atoms with Crippen LogP contribution in [0, 0.1) is 0 Å².